The summed E-state index contributed by atoms with van der Waals surface area (Å²) in [7, 11) is 0. The van der Waals surface area contributed by atoms with Gasteiger partial charge in [0.2, 0.25) is 5.75 Å². The maximum Gasteiger partial charge on any atom is 0.297 e. The lowest BCUT2D eigenvalue weighted by Crippen LogP contribution is -2.28. The number of alkyl halides is 3. The van der Waals surface area contributed by atoms with E-state index in [1.807, 2.05) is 0 Å². The van der Waals surface area contributed by atoms with Crippen molar-refractivity contribution < 1.29 is 17.9 Å². The van der Waals surface area contributed by atoms with E-state index in [2.05, 4.69) is 15.0 Å². The Bertz CT molecular complexity index is 1370. The molecule has 1 N–H and O–H groups in total. The predicted molar refractivity (Wildman–Crippen MR) is 112 cm³/mol. The predicted octanol–water partition coefficient (Wildman–Crippen LogP) is 3.93. The van der Waals surface area contributed by atoms with Crippen molar-refractivity contribution >= 4 is 0 Å². The Labute approximate surface area is 186 Å². The molecule has 0 fully saturated rings. The van der Waals surface area contributed by atoms with Crippen molar-refractivity contribution in [2.45, 2.75) is 46.8 Å². The lowest BCUT2D eigenvalue weighted by molar-refractivity contribution is 0.151. The van der Waals surface area contributed by atoms with E-state index in [1.165, 1.54) is 6.92 Å². The van der Waals surface area contributed by atoms with Gasteiger partial charge in [0.1, 0.15) is 23.4 Å². The second kappa shape index (κ2) is 9.28. The maximum atomic E-state index is 14.2. The molecule has 172 valence electrons. The molecule has 8 nitrogen and oxygen atoms in total. The Morgan fingerprint density at radius 3 is 2.48 bits per heavy atom. The van der Waals surface area contributed by atoms with Gasteiger partial charge >= 0.3 is 0 Å². The number of nitriles is 1. The number of aromatic amines is 1. The fraction of sp³-hybridized carbons (Fsp3) is 0.318. The van der Waals surface area contributed by atoms with Crippen molar-refractivity contribution in [1.82, 2.24) is 19.5 Å². The average molecular weight is 459 g/mol. The third-order valence-electron chi connectivity index (χ3n) is 5.04. The van der Waals surface area contributed by atoms with Crippen molar-refractivity contribution in [2.75, 3.05) is 0 Å². The Kier molecular flexibility index (Phi) is 6.67. The first kappa shape index (κ1) is 23.7. The number of aromatic nitrogens is 4. The summed E-state index contributed by atoms with van der Waals surface area (Å²) < 4.78 is 47.4. The van der Waals surface area contributed by atoms with E-state index in [0.29, 0.717) is 11.5 Å². The molecule has 0 saturated heterocycles. The van der Waals surface area contributed by atoms with Gasteiger partial charge in [-0.1, -0.05) is 0 Å². The number of benzene rings is 1. The second-order valence-electron chi connectivity index (χ2n) is 7.43. The molecule has 1 aromatic carbocycles. The number of nitrogens with one attached hydrogen (secondary N) is 1. The molecule has 3 rings (SSSR count). The molecule has 0 unspecified atom stereocenters. The van der Waals surface area contributed by atoms with Crippen molar-refractivity contribution in [3.8, 4) is 17.6 Å². The van der Waals surface area contributed by atoms with Crippen molar-refractivity contribution in [3.63, 3.8) is 0 Å². The van der Waals surface area contributed by atoms with Gasteiger partial charge in [-0.05, 0) is 39.8 Å². The van der Waals surface area contributed by atoms with Gasteiger partial charge in [0, 0.05) is 16.8 Å². The molecule has 0 aliphatic heterocycles. The van der Waals surface area contributed by atoms with E-state index >= 15 is 0 Å². The van der Waals surface area contributed by atoms with Crippen LogP contribution < -0.4 is 15.9 Å². The van der Waals surface area contributed by atoms with Crippen LogP contribution in [0, 0.1) is 32.1 Å². The highest BCUT2D eigenvalue weighted by Gasteiger charge is 2.23. The fourth-order valence-electron chi connectivity index (χ4n) is 3.25. The zero-order valence-electron chi connectivity index (χ0n) is 18.2. The third kappa shape index (κ3) is 4.79. The Morgan fingerprint density at radius 2 is 1.91 bits per heavy atom. The maximum absolute atomic E-state index is 14.2. The minimum Gasteiger partial charge on any atom is -0.449 e. The summed E-state index contributed by atoms with van der Waals surface area (Å²) in [6, 6.07) is 3.81. The van der Waals surface area contributed by atoms with E-state index in [0.717, 1.165) is 30.0 Å². The topological polar surface area (TPSA) is 114 Å². The summed E-state index contributed by atoms with van der Waals surface area (Å²) in [5, 5.41) is 9.27. The SMILES string of the molecule is Cc1nc(C)c(Cn2cnc([C@@H](C)F)c(Oc3cc(C(F)F)cc(C#N)c3C)c2=O)c(=O)[nH]1. The van der Waals surface area contributed by atoms with Gasteiger partial charge in [-0.25, -0.2) is 23.1 Å². The average Bonchev–Trinajstić information content (AvgIpc) is 2.73. The quantitative estimate of drug-likeness (QED) is 0.598. The number of H-pyrrole nitrogens is 1. The summed E-state index contributed by atoms with van der Waals surface area (Å²) in [6.45, 7) is 5.59. The van der Waals surface area contributed by atoms with Gasteiger partial charge < -0.3 is 9.72 Å². The van der Waals surface area contributed by atoms with Gasteiger partial charge in [0.05, 0.1) is 30.1 Å². The summed E-state index contributed by atoms with van der Waals surface area (Å²) in [4.78, 5) is 36.2. The molecule has 0 aliphatic rings. The van der Waals surface area contributed by atoms with Crippen molar-refractivity contribution in [3.05, 3.63) is 78.6 Å². The molecule has 0 bridgehead atoms. The lowest BCUT2D eigenvalue weighted by Gasteiger charge is -2.16. The Hall–Kier alpha value is -3.94. The highest BCUT2D eigenvalue weighted by molar-refractivity contribution is 5.50. The van der Waals surface area contributed by atoms with Crippen LogP contribution in [0.3, 0.4) is 0 Å². The first-order valence-corrected chi connectivity index (χ1v) is 9.83. The number of rotatable bonds is 6. The zero-order chi connectivity index (χ0) is 24.4. The van der Waals surface area contributed by atoms with Crippen LogP contribution in [-0.4, -0.2) is 19.5 Å². The van der Waals surface area contributed by atoms with E-state index in [-0.39, 0.29) is 34.7 Å². The lowest BCUT2D eigenvalue weighted by atomic mass is 10.0. The molecule has 1 atom stereocenters. The van der Waals surface area contributed by atoms with E-state index in [9.17, 15) is 28.0 Å². The van der Waals surface area contributed by atoms with E-state index in [1.54, 1.807) is 19.9 Å². The molecule has 3 aromatic rings. The van der Waals surface area contributed by atoms with Gasteiger partial charge in [-0.2, -0.15) is 5.26 Å². The number of ether oxygens (including phenoxy) is 1. The molecular formula is C22H20F3N5O3. The number of halogens is 3. The molecule has 0 radical (unpaired) electrons. The van der Waals surface area contributed by atoms with E-state index in [4.69, 9.17) is 4.74 Å². The minimum absolute atomic E-state index is 0.0743. The van der Waals surface area contributed by atoms with Crippen molar-refractivity contribution in [2.24, 2.45) is 0 Å². The Balaban J connectivity index is 2.15. The number of hydrogen-bond donors (Lipinski definition) is 1. The van der Waals surface area contributed by atoms with Crippen LogP contribution in [-0.2, 0) is 6.54 Å². The molecule has 33 heavy (non-hydrogen) atoms. The molecule has 11 heteroatoms. The van der Waals surface area contributed by atoms with Crippen LogP contribution in [0.1, 0.15) is 59.0 Å². The smallest absolute Gasteiger partial charge is 0.297 e. The van der Waals surface area contributed by atoms with Crippen molar-refractivity contribution in [1.29, 1.82) is 5.26 Å². The van der Waals surface area contributed by atoms with Gasteiger partial charge in [-0.3, -0.25) is 14.2 Å². The monoisotopic (exact) mass is 459 g/mol. The van der Waals surface area contributed by atoms with Gasteiger partial charge in [-0.15, -0.1) is 0 Å². The first-order chi connectivity index (χ1) is 15.5. The fourth-order valence-corrected chi connectivity index (χ4v) is 3.25. The van der Waals surface area contributed by atoms with Crippen LogP contribution in [0.5, 0.6) is 11.5 Å². The zero-order valence-corrected chi connectivity index (χ0v) is 18.2. The van der Waals surface area contributed by atoms with Crippen LogP contribution in [0.2, 0.25) is 0 Å². The molecule has 2 aromatic heterocycles. The van der Waals surface area contributed by atoms with Crippen LogP contribution in [0.15, 0.2) is 28.0 Å². The largest absolute Gasteiger partial charge is 0.449 e. The number of nitrogens with zero attached hydrogens (tertiary/aromatic N) is 4. The Morgan fingerprint density at radius 1 is 1.21 bits per heavy atom. The molecule has 0 aliphatic carbocycles. The summed E-state index contributed by atoms with van der Waals surface area (Å²) in [6.07, 6.45) is -3.54. The number of aryl methyl sites for hydroxylation is 2. The standard InChI is InChI=1S/C22H20F3N5O3/c1-10-15(7-26)5-14(20(24)25)6-17(10)33-19-18(11(2)23)27-9-30(22(19)32)8-16-12(3)28-13(4)29-21(16)31/h5-6,9,11,20H,8H2,1-4H3,(H,28,29,31)/t11-/m1/s1. The second-order valence-corrected chi connectivity index (χ2v) is 7.43. The van der Waals surface area contributed by atoms with Gasteiger partial charge in [0.15, 0.2) is 0 Å². The third-order valence-corrected chi connectivity index (χ3v) is 5.04. The molecule has 0 saturated carbocycles. The van der Waals surface area contributed by atoms with E-state index < -0.39 is 35.0 Å². The highest BCUT2D eigenvalue weighted by atomic mass is 19.3. The summed E-state index contributed by atoms with van der Waals surface area (Å²) in [5.41, 5.74) is -1.39. The molecule has 2 heterocycles. The number of hydrogen-bond acceptors (Lipinski definition) is 6. The molecule has 0 amide bonds. The highest BCUT2D eigenvalue weighted by Crippen LogP contribution is 2.33. The molecular weight excluding hydrogens is 439 g/mol. The van der Waals surface area contributed by atoms with Gasteiger partial charge in [0.25, 0.3) is 17.5 Å². The summed E-state index contributed by atoms with van der Waals surface area (Å²) >= 11 is 0. The summed E-state index contributed by atoms with van der Waals surface area (Å²) in [5.74, 6) is -0.325. The minimum atomic E-state index is -2.89. The molecule has 0 spiro atoms. The first-order valence-electron chi connectivity index (χ1n) is 9.83. The van der Waals surface area contributed by atoms with Crippen LogP contribution in [0.25, 0.3) is 0 Å². The van der Waals surface area contributed by atoms with Crippen LogP contribution in [0.4, 0.5) is 13.2 Å². The normalized spacial score (nSPS) is 12.0. The van der Waals surface area contributed by atoms with Crippen LogP contribution >= 0.6 is 0 Å².